The summed E-state index contributed by atoms with van der Waals surface area (Å²) in [5, 5.41) is 10.5. The summed E-state index contributed by atoms with van der Waals surface area (Å²) in [5.74, 6) is 2.00. The molecule has 4 rings (SSSR count). The molecule has 3 saturated carbocycles. The summed E-state index contributed by atoms with van der Waals surface area (Å²) in [6.07, 6.45) is 8.45. The maximum Gasteiger partial charge on any atom is 0.155 e. The van der Waals surface area contributed by atoms with Gasteiger partial charge in [-0.2, -0.15) is 0 Å². The van der Waals surface area contributed by atoms with Crippen LogP contribution < -0.4 is 0 Å². The van der Waals surface area contributed by atoms with Crippen LogP contribution in [0.15, 0.2) is 11.6 Å². The van der Waals surface area contributed by atoms with Gasteiger partial charge in [-0.25, -0.2) is 0 Å². The van der Waals surface area contributed by atoms with Crippen LogP contribution in [0.25, 0.3) is 0 Å². The van der Waals surface area contributed by atoms with E-state index in [0.29, 0.717) is 36.4 Å². The third-order valence-corrected chi connectivity index (χ3v) is 7.39. The molecule has 120 valence electrons. The minimum atomic E-state index is -0.294. The highest BCUT2D eigenvalue weighted by Crippen LogP contribution is 2.61. The van der Waals surface area contributed by atoms with Gasteiger partial charge in [0.15, 0.2) is 5.78 Å². The van der Waals surface area contributed by atoms with E-state index in [1.807, 2.05) is 6.08 Å². The highest BCUT2D eigenvalue weighted by atomic mass is 16.3. The quantitative estimate of drug-likeness (QED) is 0.810. The van der Waals surface area contributed by atoms with Crippen LogP contribution >= 0.6 is 0 Å². The monoisotopic (exact) mass is 302 g/mol. The zero-order valence-corrected chi connectivity index (χ0v) is 13.4. The Labute approximate surface area is 132 Å². The molecular formula is C19H26O3. The molecule has 0 bridgehead atoms. The van der Waals surface area contributed by atoms with Gasteiger partial charge in [-0.3, -0.25) is 9.59 Å². The molecule has 3 fully saturated rings. The van der Waals surface area contributed by atoms with Crippen LogP contribution in [0.1, 0.15) is 58.3 Å². The average molecular weight is 302 g/mol. The van der Waals surface area contributed by atoms with E-state index in [4.69, 9.17) is 0 Å². The van der Waals surface area contributed by atoms with Crippen molar-refractivity contribution in [1.82, 2.24) is 0 Å². The van der Waals surface area contributed by atoms with Crippen LogP contribution in [0.2, 0.25) is 0 Å². The number of ketones is 2. The fraction of sp³-hybridized carbons (Fsp3) is 0.789. The number of hydrogen-bond donors (Lipinski definition) is 1. The van der Waals surface area contributed by atoms with Gasteiger partial charge in [-0.1, -0.05) is 12.5 Å². The second kappa shape index (κ2) is 5.02. The Morgan fingerprint density at radius 3 is 2.77 bits per heavy atom. The van der Waals surface area contributed by atoms with Crippen LogP contribution in [0.3, 0.4) is 0 Å². The van der Waals surface area contributed by atoms with E-state index in [1.54, 1.807) is 0 Å². The van der Waals surface area contributed by atoms with E-state index in [2.05, 4.69) is 6.92 Å². The van der Waals surface area contributed by atoms with Crippen LogP contribution in [0, 0.1) is 29.1 Å². The van der Waals surface area contributed by atoms with E-state index in [9.17, 15) is 14.7 Å². The van der Waals surface area contributed by atoms with Crippen molar-refractivity contribution in [2.24, 2.45) is 29.1 Å². The van der Waals surface area contributed by atoms with Crippen LogP contribution in [-0.2, 0) is 9.59 Å². The van der Waals surface area contributed by atoms with Gasteiger partial charge >= 0.3 is 0 Å². The first-order valence-corrected chi connectivity index (χ1v) is 9.01. The summed E-state index contributed by atoms with van der Waals surface area (Å²) < 4.78 is 0. The van der Waals surface area contributed by atoms with Gasteiger partial charge in [0, 0.05) is 24.2 Å². The Hall–Kier alpha value is -0.960. The molecule has 3 nitrogen and oxygen atoms in total. The average Bonchev–Trinajstić information content (AvgIpc) is 2.84. The first kappa shape index (κ1) is 14.6. The lowest BCUT2D eigenvalue weighted by atomic mass is 9.50. The van der Waals surface area contributed by atoms with Gasteiger partial charge in [-0.05, 0) is 62.4 Å². The Morgan fingerprint density at radius 1 is 1.18 bits per heavy atom. The number of rotatable bonds is 1. The van der Waals surface area contributed by atoms with Crippen molar-refractivity contribution < 1.29 is 14.7 Å². The Kier molecular flexibility index (Phi) is 3.34. The number of carbonyl (C=O) groups is 2. The molecule has 0 saturated heterocycles. The lowest BCUT2D eigenvalue weighted by molar-refractivity contribution is -0.145. The molecule has 0 amide bonds. The van der Waals surface area contributed by atoms with Crippen LogP contribution in [0.4, 0.5) is 0 Å². The van der Waals surface area contributed by atoms with Crippen LogP contribution in [0.5, 0.6) is 0 Å². The van der Waals surface area contributed by atoms with Gasteiger partial charge in [0.1, 0.15) is 5.78 Å². The van der Waals surface area contributed by atoms with E-state index >= 15 is 0 Å². The number of Topliss-reactive ketones (excluding diaryl/α,β-unsaturated/α-hetero) is 1. The van der Waals surface area contributed by atoms with E-state index < -0.39 is 0 Å². The molecule has 6 atom stereocenters. The SMILES string of the molecule is CC[C@]12CC(=O)C3C4CCC(=O)C=C4CCC3C1CC[C@@H]2O. The summed E-state index contributed by atoms with van der Waals surface area (Å²) >= 11 is 0. The number of aliphatic hydroxyl groups is 1. The lowest BCUT2D eigenvalue weighted by Gasteiger charge is -2.53. The molecule has 22 heavy (non-hydrogen) atoms. The smallest absolute Gasteiger partial charge is 0.155 e. The highest BCUT2D eigenvalue weighted by molar-refractivity contribution is 5.92. The van der Waals surface area contributed by atoms with E-state index in [0.717, 1.165) is 38.5 Å². The summed E-state index contributed by atoms with van der Waals surface area (Å²) in [5.41, 5.74) is 1.10. The predicted molar refractivity (Wildman–Crippen MR) is 83.1 cm³/mol. The first-order chi connectivity index (χ1) is 10.6. The van der Waals surface area contributed by atoms with Gasteiger partial charge in [-0.15, -0.1) is 0 Å². The summed E-state index contributed by atoms with van der Waals surface area (Å²) in [6, 6.07) is 0. The number of carbonyl (C=O) groups excluding carboxylic acids is 2. The predicted octanol–water partition coefficient (Wildman–Crippen LogP) is 3.06. The summed E-state index contributed by atoms with van der Waals surface area (Å²) in [7, 11) is 0. The molecule has 4 aliphatic carbocycles. The Bertz CT molecular complexity index is 549. The number of fused-ring (bicyclic) bond motifs is 5. The Balaban J connectivity index is 1.70. The van der Waals surface area contributed by atoms with E-state index in [-0.39, 0.29) is 23.2 Å². The maximum absolute atomic E-state index is 13.0. The second-order valence-electron chi connectivity index (χ2n) is 7.99. The van der Waals surface area contributed by atoms with Gasteiger partial charge in [0.05, 0.1) is 6.10 Å². The molecule has 0 heterocycles. The molecule has 0 aromatic heterocycles. The zero-order valence-electron chi connectivity index (χ0n) is 13.4. The Morgan fingerprint density at radius 2 is 2.00 bits per heavy atom. The van der Waals surface area contributed by atoms with E-state index in [1.165, 1.54) is 5.57 Å². The molecule has 0 aromatic rings. The van der Waals surface area contributed by atoms with Gasteiger partial charge in [0.2, 0.25) is 0 Å². The van der Waals surface area contributed by atoms with Crippen molar-refractivity contribution in [2.75, 3.05) is 0 Å². The standard InChI is InChI=1S/C19H26O3/c1-2-19-10-16(21)18-13-6-4-12(20)9-11(13)3-5-14(18)15(19)7-8-17(19)22/h9,13-15,17-18,22H,2-8,10H2,1H3/t13?,14?,15?,17-,18?,19-/m0/s1. The van der Waals surface area contributed by atoms with Crippen molar-refractivity contribution in [3.8, 4) is 0 Å². The molecule has 4 aliphatic rings. The molecule has 0 spiro atoms. The number of hydrogen-bond acceptors (Lipinski definition) is 3. The zero-order chi connectivity index (χ0) is 15.5. The summed E-state index contributed by atoms with van der Waals surface area (Å²) in [4.78, 5) is 24.7. The third kappa shape index (κ3) is 1.84. The number of allylic oxidation sites excluding steroid dienone is 1. The van der Waals surface area contributed by atoms with Crippen LogP contribution in [-0.4, -0.2) is 22.8 Å². The fourth-order valence-electron chi connectivity index (χ4n) is 6.38. The summed E-state index contributed by atoms with van der Waals surface area (Å²) in [6.45, 7) is 2.14. The van der Waals surface area contributed by atoms with Crippen molar-refractivity contribution in [3.63, 3.8) is 0 Å². The molecule has 4 unspecified atom stereocenters. The van der Waals surface area contributed by atoms with Crippen molar-refractivity contribution in [3.05, 3.63) is 11.6 Å². The minimum absolute atomic E-state index is 0.128. The third-order valence-electron chi connectivity index (χ3n) is 7.39. The molecule has 1 N–H and O–H groups in total. The second-order valence-corrected chi connectivity index (χ2v) is 7.99. The van der Waals surface area contributed by atoms with Crippen molar-refractivity contribution in [1.29, 1.82) is 0 Å². The molecule has 3 heteroatoms. The normalized spacial score (nSPS) is 47.5. The van der Waals surface area contributed by atoms with Gasteiger partial charge in [0.25, 0.3) is 0 Å². The van der Waals surface area contributed by atoms with Gasteiger partial charge < -0.3 is 5.11 Å². The largest absolute Gasteiger partial charge is 0.393 e. The number of aliphatic hydroxyl groups excluding tert-OH is 1. The molecule has 0 aliphatic heterocycles. The lowest BCUT2D eigenvalue weighted by Crippen LogP contribution is -2.53. The first-order valence-electron chi connectivity index (χ1n) is 9.01. The molecule has 0 aromatic carbocycles. The molecule has 0 radical (unpaired) electrons. The van der Waals surface area contributed by atoms with Crippen molar-refractivity contribution >= 4 is 11.6 Å². The highest BCUT2D eigenvalue weighted by Gasteiger charge is 2.60. The minimum Gasteiger partial charge on any atom is -0.393 e. The maximum atomic E-state index is 13.0. The molecular weight excluding hydrogens is 276 g/mol. The topological polar surface area (TPSA) is 54.4 Å². The van der Waals surface area contributed by atoms with Crippen molar-refractivity contribution in [2.45, 2.75) is 64.4 Å². The fourth-order valence-corrected chi connectivity index (χ4v) is 6.38.